The lowest BCUT2D eigenvalue weighted by molar-refractivity contribution is 0.124. The van der Waals surface area contributed by atoms with Crippen molar-refractivity contribution in [3.63, 3.8) is 0 Å². The van der Waals surface area contributed by atoms with Gasteiger partial charge in [0.1, 0.15) is 0 Å². The molecule has 4 rings (SSSR count). The molecule has 1 aliphatic carbocycles. The molecule has 158 valence electrons. The van der Waals surface area contributed by atoms with Crippen LogP contribution in [0.5, 0.6) is 0 Å². The molecule has 1 aliphatic heterocycles. The van der Waals surface area contributed by atoms with Crippen molar-refractivity contribution in [1.82, 2.24) is 20.1 Å². The lowest BCUT2D eigenvalue weighted by Gasteiger charge is -2.46. The largest absolute Gasteiger partial charge is 0.358 e. The number of urea groups is 1. The lowest BCUT2D eigenvalue weighted by Crippen LogP contribution is -2.56. The first-order chi connectivity index (χ1) is 14.0. The molecule has 29 heavy (non-hydrogen) atoms. The summed E-state index contributed by atoms with van der Waals surface area (Å²) in [5, 5.41) is 4.79. The average Bonchev–Trinajstić information content (AvgIpc) is 3.08. The number of nitrogens with zero attached hydrogens (tertiary/aromatic N) is 2. The fraction of sp³-hybridized carbons (Fsp3) is 0.625. The SMILES string of the molecule is CCc1cc2c3c(c(CC)[nH]c3c1)C[C@@H]1[C@@H]2C[C@H](NC(=O)N(CC)CC)CN1C. The lowest BCUT2D eigenvalue weighted by atomic mass is 9.73. The molecule has 2 heterocycles. The Hall–Kier alpha value is -2.01. The molecule has 2 N–H and O–H groups in total. The third-order valence-corrected chi connectivity index (χ3v) is 7.21. The van der Waals surface area contributed by atoms with Crippen LogP contribution in [0.2, 0.25) is 0 Å². The van der Waals surface area contributed by atoms with Crippen molar-refractivity contribution in [3.05, 3.63) is 34.5 Å². The molecule has 2 aliphatic rings. The second-order valence-corrected chi connectivity index (χ2v) is 8.77. The van der Waals surface area contributed by atoms with Crippen molar-refractivity contribution in [2.24, 2.45) is 0 Å². The normalized spacial score (nSPS) is 23.8. The van der Waals surface area contributed by atoms with Gasteiger partial charge >= 0.3 is 6.03 Å². The summed E-state index contributed by atoms with van der Waals surface area (Å²) < 4.78 is 0. The summed E-state index contributed by atoms with van der Waals surface area (Å²) in [6.45, 7) is 11.0. The predicted octanol–water partition coefficient (Wildman–Crippen LogP) is 4.06. The Balaban J connectivity index is 1.69. The first-order valence-corrected chi connectivity index (χ1v) is 11.4. The van der Waals surface area contributed by atoms with E-state index in [9.17, 15) is 4.79 Å². The number of aromatic nitrogens is 1. The van der Waals surface area contributed by atoms with Gasteiger partial charge in [0.2, 0.25) is 0 Å². The summed E-state index contributed by atoms with van der Waals surface area (Å²) in [7, 11) is 2.23. The molecule has 0 bridgehead atoms. The van der Waals surface area contributed by atoms with Crippen LogP contribution in [0.15, 0.2) is 12.1 Å². The van der Waals surface area contributed by atoms with Gasteiger partial charge in [0, 0.05) is 54.2 Å². The van der Waals surface area contributed by atoms with E-state index >= 15 is 0 Å². The molecule has 5 heteroatoms. The summed E-state index contributed by atoms with van der Waals surface area (Å²) >= 11 is 0. The Bertz CT molecular complexity index is 898. The number of rotatable bonds is 5. The van der Waals surface area contributed by atoms with Gasteiger partial charge in [-0.05, 0) is 69.3 Å². The number of hydrogen-bond acceptors (Lipinski definition) is 2. The van der Waals surface area contributed by atoms with Crippen LogP contribution in [0.25, 0.3) is 10.9 Å². The highest BCUT2D eigenvalue weighted by Crippen LogP contribution is 2.45. The van der Waals surface area contributed by atoms with E-state index < -0.39 is 0 Å². The Morgan fingerprint density at radius 1 is 1.21 bits per heavy atom. The average molecular weight is 397 g/mol. The van der Waals surface area contributed by atoms with E-state index in [1.54, 1.807) is 0 Å². The fourth-order valence-electron chi connectivity index (χ4n) is 5.63. The second kappa shape index (κ2) is 8.02. The summed E-state index contributed by atoms with van der Waals surface area (Å²) in [4.78, 5) is 20.7. The minimum absolute atomic E-state index is 0.0747. The molecule has 0 saturated carbocycles. The first-order valence-electron chi connectivity index (χ1n) is 11.4. The minimum Gasteiger partial charge on any atom is -0.358 e. The van der Waals surface area contributed by atoms with Gasteiger partial charge in [-0.3, -0.25) is 0 Å². The van der Waals surface area contributed by atoms with E-state index in [1.807, 2.05) is 18.7 Å². The molecule has 0 unspecified atom stereocenters. The zero-order valence-corrected chi connectivity index (χ0v) is 18.6. The standard InChI is InChI=1S/C24H36N4O/c1-6-15-10-18-17-12-16(25-24(29)28(8-3)9-4)14-27(5)22(17)13-19-20(7-2)26-21(11-15)23(18)19/h10-11,16-17,22,26H,6-9,12-14H2,1-5H3,(H,25,29)/t16-,17+,22+/m0/s1. The van der Waals surface area contributed by atoms with Crippen LogP contribution in [0.4, 0.5) is 4.79 Å². The molecule has 1 aromatic heterocycles. The number of carbonyl (C=O) groups excluding carboxylic acids is 1. The number of aromatic amines is 1. The Labute approximate surface area is 174 Å². The number of fused-ring (bicyclic) bond motifs is 2. The van der Waals surface area contributed by atoms with Crippen molar-refractivity contribution >= 4 is 16.9 Å². The predicted molar refractivity (Wildman–Crippen MR) is 120 cm³/mol. The number of benzene rings is 1. The minimum atomic E-state index is 0.0747. The number of nitrogens with one attached hydrogen (secondary N) is 2. The van der Waals surface area contributed by atoms with Gasteiger partial charge in [0.25, 0.3) is 0 Å². The van der Waals surface area contributed by atoms with Crippen LogP contribution < -0.4 is 5.32 Å². The molecule has 3 atom stereocenters. The zero-order valence-electron chi connectivity index (χ0n) is 18.6. The number of likely N-dealkylation sites (tertiary alicyclic amines) is 1. The van der Waals surface area contributed by atoms with Gasteiger partial charge in [-0.1, -0.05) is 19.9 Å². The zero-order chi connectivity index (χ0) is 20.7. The Morgan fingerprint density at radius 2 is 1.97 bits per heavy atom. The summed E-state index contributed by atoms with van der Waals surface area (Å²) in [5.41, 5.74) is 7.13. The van der Waals surface area contributed by atoms with E-state index in [0.29, 0.717) is 12.0 Å². The highest BCUT2D eigenvalue weighted by molar-refractivity contribution is 5.90. The summed E-state index contributed by atoms with van der Waals surface area (Å²) in [6, 6.07) is 5.57. The number of carbonyl (C=O) groups is 1. The maximum atomic E-state index is 12.7. The molecule has 1 aromatic carbocycles. The third kappa shape index (κ3) is 3.43. The van der Waals surface area contributed by atoms with Crippen molar-refractivity contribution in [3.8, 4) is 0 Å². The number of H-pyrrole nitrogens is 1. The van der Waals surface area contributed by atoms with E-state index in [2.05, 4.69) is 48.2 Å². The van der Waals surface area contributed by atoms with Crippen molar-refractivity contribution in [1.29, 1.82) is 0 Å². The molecule has 0 radical (unpaired) electrons. The molecular weight excluding hydrogens is 360 g/mol. The van der Waals surface area contributed by atoms with Crippen LogP contribution in [0.3, 0.4) is 0 Å². The van der Waals surface area contributed by atoms with Gasteiger partial charge < -0.3 is 20.1 Å². The van der Waals surface area contributed by atoms with Crippen molar-refractivity contribution in [2.45, 2.75) is 71.4 Å². The van der Waals surface area contributed by atoms with Crippen LogP contribution >= 0.6 is 0 Å². The molecule has 5 nitrogen and oxygen atoms in total. The fourth-order valence-corrected chi connectivity index (χ4v) is 5.63. The molecular formula is C24H36N4O. The number of amides is 2. The highest BCUT2D eigenvalue weighted by Gasteiger charge is 2.41. The third-order valence-electron chi connectivity index (χ3n) is 7.21. The highest BCUT2D eigenvalue weighted by atomic mass is 16.2. The van der Waals surface area contributed by atoms with E-state index in [4.69, 9.17) is 0 Å². The Morgan fingerprint density at radius 3 is 2.62 bits per heavy atom. The molecule has 2 aromatic rings. The van der Waals surface area contributed by atoms with Crippen molar-refractivity contribution < 1.29 is 4.79 Å². The van der Waals surface area contributed by atoms with Gasteiger partial charge in [0.15, 0.2) is 0 Å². The van der Waals surface area contributed by atoms with E-state index in [0.717, 1.165) is 45.3 Å². The number of hydrogen-bond donors (Lipinski definition) is 2. The van der Waals surface area contributed by atoms with Crippen LogP contribution in [-0.2, 0) is 19.3 Å². The van der Waals surface area contributed by atoms with Crippen molar-refractivity contribution in [2.75, 3.05) is 26.7 Å². The van der Waals surface area contributed by atoms with Crippen LogP contribution in [0, 0.1) is 0 Å². The van der Waals surface area contributed by atoms with Gasteiger partial charge in [-0.15, -0.1) is 0 Å². The first kappa shape index (κ1) is 20.3. The maximum absolute atomic E-state index is 12.7. The van der Waals surface area contributed by atoms with E-state index in [-0.39, 0.29) is 12.1 Å². The van der Waals surface area contributed by atoms with Crippen LogP contribution in [-0.4, -0.2) is 59.6 Å². The molecule has 1 fully saturated rings. The van der Waals surface area contributed by atoms with Gasteiger partial charge in [-0.25, -0.2) is 4.79 Å². The number of aryl methyl sites for hydroxylation is 2. The second-order valence-electron chi connectivity index (χ2n) is 8.77. The summed E-state index contributed by atoms with van der Waals surface area (Å²) in [5.74, 6) is 0.470. The Kier molecular flexibility index (Phi) is 5.60. The molecule has 0 spiro atoms. The van der Waals surface area contributed by atoms with Crippen LogP contribution in [0.1, 0.15) is 62.4 Å². The molecule has 1 saturated heterocycles. The quantitative estimate of drug-likeness (QED) is 0.801. The smallest absolute Gasteiger partial charge is 0.317 e. The van der Waals surface area contributed by atoms with Gasteiger partial charge in [-0.2, -0.15) is 0 Å². The summed E-state index contributed by atoms with van der Waals surface area (Å²) in [6.07, 6.45) is 4.23. The monoisotopic (exact) mass is 396 g/mol. The van der Waals surface area contributed by atoms with Gasteiger partial charge in [0.05, 0.1) is 0 Å². The number of likely N-dealkylation sites (N-methyl/N-ethyl adjacent to an activating group) is 1. The molecule has 2 amide bonds. The maximum Gasteiger partial charge on any atom is 0.317 e. The topological polar surface area (TPSA) is 51.4 Å². The number of piperidine rings is 1. The van der Waals surface area contributed by atoms with E-state index in [1.165, 1.54) is 33.3 Å².